The molecule has 0 fully saturated rings. The van der Waals surface area contributed by atoms with E-state index in [1.807, 2.05) is 44.3 Å². The van der Waals surface area contributed by atoms with Crippen LogP contribution in [-0.4, -0.2) is 23.9 Å². The van der Waals surface area contributed by atoms with E-state index in [4.69, 9.17) is 0 Å². The lowest BCUT2D eigenvalue weighted by molar-refractivity contribution is -0.119. The van der Waals surface area contributed by atoms with Gasteiger partial charge >= 0.3 is 0 Å². The molecule has 1 amide bonds. The fraction of sp³-hybridized carbons (Fsp3) is 0.312. The molecule has 1 aliphatic carbocycles. The molecule has 2 atom stereocenters. The smallest absolute Gasteiger partial charge is 0.273 e. The number of nitrogens with one attached hydrogen (secondary N) is 1. The van der Waals surface area contributed by atoms with Gasteiger partial charge in [-0.05, 0) is 60.2 Å². The van der Waals surface area contributed by atoms with Gasteiger partial charge in [-0.1, -0.05) is 55.5 Å². The largest absolute Gasteiger partial charge is 0.337 e. The van der Waals surface area contributed by atoms with Gasteiger partial charge in [-0.2, -0.15) is 0 Å². The number of aromatic nitrogens is 2. The number of hydrogen-bond donors (Lipinski definition) is 1. The monoisotopic (exact) mass is 592 g/mol. The van der Waals surface area contributed by atoms with E-state index in [2.05, 4.69) is 9.71 Å². The van der Waals surface area contributed by atoms with Gasteiger partial charge in [-0.25, -0.2) is 26.9 Å². The zero-order valence-electron chi connectivity index (χ0n) is 23.8. The molecular formula is C32H34F2N4O3S. The number of aryl methyl sites for hydroxylation is 2. The molecule has 7 nitrogen and oxygen atoms in total. The Bertz CT molecular complexity index is 1690. The maximum Gasteiger partial charge on any atom is 0.273 e. The second-order valence-corrected chi connectivity index (χ2v) is 12.7. The van der Waals surface area contributed by atoms with Crippen LogP contribution in [0.2, 0.25) is 0 Å². The summed E-state index contributed by atoms with van der Waals surface area (Å²) in [5, 5.41) is 0. The first-order valence-corrected chi connectivity index (χ1v) is 15.4. The van der Waals surface area contributed by atoms with Gasteiger partial charge in [-0.3, -0.25) is 4.79 Å². The van der Waals surface area contributed by atoms with Crippen LogP contribution in [0.4, 0.5) is 14.5 Å². The highest BCUT2D eigenvalue weighted by molar-refractivity contribution is 7.89. The lowest BCUT2D eigenvalue weighted by atomic mass is 9.85. The second kappa shape index (κ2) is 11.8. The standard InChI is InChI=1S/C32H34F2N4O3S/c1-22-8-7-11-26(18-22)42(40,41)36-29-14-15-32(33,34)28-13-12-25(20-27(28)29)38(21-30-35-16-17-37(30)3)31(39)19-23(2)24-9-5-4-6-10-24/h4-13,16-18,20,23,29,36H,14-15,19,21H2,1-3H3/t23-,29+/m0/s1. The van der Waals surface area contributed by atoms with Crippen molar-refractivity contribution in [2.75, 3.05) is 4.90 Å². The van der Waals surface area contributed by atoms with E-state index < -0.39 is 28.4 Å². The van der Waals surface area contributed by atoms with Crippen molar-refractivity contribution in [3.63, 3.8) is 0 Å². The number of sulfonamides is 1. The topological polar surface area (TPSA) is 84.3 Å². The molecule has 4 aromatic rings. The number of carbonyl (C=O) groups is 1. The molecule has 0 radical (unpaired) electrons. The van der Waals surface area contributed by atoms with E-state index >= 15 is 8.78 Å². The number of halogens is 2. The van der Waals surface area contributed by atoms with Crippen molar-refractivity contribution >= 4 is 21.6 Å². The molecule has 42 heavy (non-hydrogen) atoms. The highest BCUT2D eigenvalue weighted by Gasteiger charge is 2.42. The van der Waals surface area contributed by atoms with Crippen LogP contribution < -0.4 is 9.62 Å². The summed E-state index contributed by atoms with van der Waals surface area (Å²) in [4.78, 5) is 19.8. The van der Waals surface area contributed by atoms with E-state index in [0.29, 0.717) is 11.5 Å². The fourth-order valence-corrected chi connectivity index (χ4v) is 6.75. The lowest BCUT2D eigenvalue weighted by Crippen LogP contribution is -2.36. The van der Waals surface area contributed by atoms with E-state index in [1.54, 1.807) is 40.9 Å². The number of benzene rings is 3. The molecule has 0 unspecified atom stereocenters. The molecular weight excluding hydrogens is 558 g/mol. The summed E-state index contributed by atoms with van der Waals surface area (Å²) in [6.45, 7) is 3.88. The first kappa shape index (κ1) is 29.6. The first-order valence-electron chi connectivity index (χ1n) is 13.9. The van der Waals surface area contributed by atoms with Gasteiger partial charge in [0.1, 0.15) is 5.82 Å². The number of carbonyl (C=O) groups excluding carboxylic acids is 1. The Balaban J connectivity index is 1.52. The number of rotatable bonds is 9. The molecule has 1 aromatic heterocycles. The maximum absolute atomic E-state index is 15.1. The molecule has 3 aromatic carbocycles. The molecule has 1 heterocycles. The Morgan fingerprint density at radius 3 is 2.57 bits per heavy atom. The third-order valence-electron chi connectivity index (χ3n) is 7.83. The molecule has 0 saturated carbocycles. The van der Waals surface area contributed by atoms with E-state index in [0.717, 1.165) is 11.1 Å². The number of imidazole rings is 1. The normalized spacial score (nSPS) is 16.9. The molecule has 5 rings (SSSR count). The Labute approximate surface area is 245 Å². The predicted octanol–water partition coefficient (Wildman–Crippen LogP) is 6.36. The van der Waals surface area contributed by atoms with Gasteiger partial charge in [0.15, 0.2) is 0 Å². The minimum Gasteiger partial charge on any atom is -0.337 e. The van der Waals surface area contributed by atoms with Crippen molar-refractivity contribution in [2.45, 2.75) is 62.4 Å². The van der Waals surface area contributed by atoms with Crippen molar-refractivity contribution < 1.29 is 22.0 Å². The quantitative estimate of drug-likeness (QED) is 0.245. The van der Waals surface area contributed by atoms with Gasteiger partial charge in [0.25, 0.3) is 5.92 Å². The average molecular weight is 593 g/mol. The average Bonchev–Trinajstić information content (AvgIpc) is 3.37. The summed E-state index contributed by atoms with van der Waals surface area (Å²) in [5.41, 5.74) is 2.10. The number of alkyl halides is 2. The molecule has 0 saturated heterocycles. The first-order chi connectivity index (χ1) is 19.9. The Morgan fingerprint density at radius 2 is 1.88 bits per heavy atom. The number of nitrogens with zero attached hydrogens (tertiary/aromatic N) is 3. The van der Waals surface area contributed by atoms with Crippen LogP contribution in [0.3, 0.4) is 0 Å². The minimum atomic E-state index is -3.99. The SMILES string of the molecule is Cc1cccc(S(=O)(=O)N[C@@H]2CCC(F)(F)c3ccc(N(Cc4nccn4C)C(=O)C[C@H](C)c4ccccc4)cc32)c1. The summed E-state index contributed by atoms with van der Waals surface area (Å²) in [7, 11) is -2.17. The van der Waals surface area contributed by atoms with Crippen LogP contribution in [0.5, 0.6) is 0 Å². The Morgan fingerprint density at radius 1 is 1.12 bits per heavy atom. The summed E-state index contributed by atoms with van der Waals surface area (Å²) < 4.78 is 61.3. The molecule has 0 aliphatic heterocycles. The predicted molar refractivity (Wildman–Crippen MR) is 158 cm³/mol. The number of anilines is 1. The minimum absolute atomic E-state index is 0.0685. The van der Waals surface area contributed by atoms with Crippen LogP contribution in [0.15, 0.2) is 90.1 Å². The molecule has 0 bridgehead atoms. The third-order valence-corrected chi connectivity index (χ3v) is 9.30. The van der Waals surface area contributed by atoms with Crippen LogP contribution in [0.1, 0.15) is 66.2 Å². The number of hydrogen-bond acceptors (Lipinski definition) is 4. The van der Waals surface area contributed by atoms with Crippen LogP contribution >= 0.6 is 0 Å². The zero-order valence-corrected chi connectivity index (χ0v) is 24.6. The third kappa shape index (κ3) is 6.29. The number of amides is 1. The molecule has 1 N–H and O–H groups in total. The van der Waals surface area contributed by atoms with Crippen molar-refractivity contribution in [2.24, 2.45) is 7.05 Å². The molecule has 0 spiro atoms. The highest BCUT2D eigenvalue weighted by atomic mass is 32.2. The lowest BCUT2D eigenvalue weighted by Gasteiger charge is -2.33. The van der Waals surface area contributed by atoms with Gasteiger partial charge in [0.05, 0.1) is 11.4 Å². The van der Waals surface area contributed by atoms with Crippen LogP contribution in [-0.2, 0) is 34.3 Å². The van der Waals surface area contributed by atoms with Gasteiger partial charge in [0.2, 0.25) is 15.9 Å². The number of fused-ring (bicyclic) bond motifs is 1. The van der Waals surface area contributed by atoms with Crippen LogP contribution in [0, 0.1) is 6.92 Å². The van der Waals surface area contributed by atoms with Crippen molar-refractivity contribution in [1.82, 2.24) is 14.3 Å². The van der Waals surface area contributed by atoms with Crippen molar-refractivity contribution in [3.05, 3.63) is 113 Å². The summed E-state index contributed by atoms with van der Waals surface area (Å²) >= 11 is 0. The molecule has 10 heteroatoms. The molecule has 1 aliphatic rings. The maximum atomic E-state index is 15.1. The highest BCUT2D eigenvalue weighted by Crippen LogP contribution is 2.46. The van der Waals surface area contributed by atoms with Gasteiger partial charge in [-0.15, -0.1) is 0 Å². The Hall–Kier alpha value is -3.89. The fourth-order valence-electron chi connectivity index (χ4n) is 5.40. The Kier molecular flexibility index (Phi) is 8.30. The summed E-state index contributed by atoms with van der Waals surface area (Å²) in [6.07, 6.45) is 3.00. The van der Waals surface area contributed by atoms with E-state index in [1.165, 1.54) is 30.3 Å². The summed E-state index contributed by atoms with van der Waals surface area (Å²) in [6, 6.07) is 19.6. The summed E-state index contributed by atoms with van der Waals surface area (Å²) in [5.74, 6) is -2.79. The molecule has 220 valence electrons. The van der Waals surface area contributed by atoms with E-state index in [-0.39, 0.29) is 47.2 Å². The van der Waals surface area contributed by atoms with Gasteiger partial charge < -0.3 is 9.47 Å². The second-order valence-electron chi connectivity index (χ2n) is 11.0. The van der Waals surface area contributed by atoms with Crippen LogP contribution in [0.25, 0.3) is 0 Å². The zero-order chi connectivity index (χ0) is 30.1. The van der Waals surface area contributed by atoms with Gasteiger partial charge in [0, 0.05) is 49.6 Å². The van der Waals surface area contributed by atoms with Crippen molar-refractivity contribution in [1.29, 1.82) is 0 Å². The van der Waals surface area contributed by atoms with Crippen molar-refractivity contribution in [3.8, 4) is 0 Å². The van der Waals surface area contributed by atoms with E-state index in [9.17, 15) is 13.2 Å².